The van der Waals surface area contributed by atoms with Crippen LogP contribution in [0.1, 0.15) is 47.0 Å². The van der Waals surface area contributed by atoms with E-state index in [-0.39, 0.29) is 12.1 Å². The lowest BCUT2D eigenvalue weighted by atomic mass is 9.96. The Morgan fingerprint density at radius 2 is 2.10 bits per heavy atom. The summed E-state index contributed by atoms with van der Waals surface area (Å²) in [6.45, 7) is 13.8. The number of nitrogens with zero attached hydrogens (tertiary/aromatic N) is 2. The molecule has 2 fully saturated rings. The van der Waals surface area contributed by atoms with Crippen LogP contribution in [0.25, 0.3) is 0 Å². The Morgan fingerprint density at radius 1 is 1.35 bits per heavy atom. The van der Waals surface area contributed by atoms with Crippen LogP contribution in [0.3, 0.4) is 0 Å². The van der Waals surface area contributed by atoms with Crippen molar-refractivity contribution in [3.63, 3.8) is 0 Å². The number of aliphatic hydroxyl groups is 1. The van der Waals surface area contributed by atoms with Crippen LogP contribution < -0.4 is 5.32 Å². The molecule has 0 aliphatic carbocycles. The maximum atomic E-state index is 9.69. The van der Waals surface area contributed by atoms with Gasteiger partial charge in [-0.1, -0.05) is 13.8 Å². The van der Waals surface area contributed by atoms with Gasteiger partial charge in [0.2, 0.25) is 0 Å². The summed E-state index contributed by atoms with van der Waals surface area (Å²) in [4.78, 5) is 5.29. The topological polar surface area (TPSA) is 38.7 Å². The summed E-state index contributed by atoms with van der Waals surface area (Å²) in [5, 5.41) is 13.2. The first-order valence-corrected chi connectivity index (χ1v) is 8.30. The van der Waals surface area contributed by atoms with E-state index in [1.54, 1.807) is 0 Å². The second kappa shape index (κ2) is 6.73. The molecule has 2 saturated heterocycles. The molecule has 0 aromatic heterocycles. The summed E-state index contributed by atoms with van der Waals surface area (Å²) in [7, 11) is 0. The van der Waals surface area contributed by atoms with E-state index in [4.69, 9.17) is 0 Å². The van der Waals surface area contributed by atoms with E-state index in [0.29, 0.717) is 12.1 Å². The van der Waals surface area contributed by atoms with Gasteiger partial charge in [-0.2, -0.15) is 0 Å². The minimum Gasteiger partial charge on any atom is -0.394 e. The number of hydrogen-bond donors (Lipinski definition) is 2. The van der Waals surface area contributed by atoms with Crippen LogP contribution in [-0.2, 0) is 0 Å². The maximum Gasteiger partial charge on any atom is 0.0611 e. The molecule has 0 aromatic carbocycles. The van der Waals surface area contributed by atoms with Crippen molar-refractivity contribution in [1.82, 2.24) is 15.1 Å². The fourth-order valence-electron chi connectivity index (χ4n) is 3.84. The molecule has 0 spiro atoms. The number of fused-ring (bicyclic) bond motifs is 1. The predicted molar refractivity (Wildman–Crippen MR) is 84.0 cm³/mol. The van der Waals surface area contributed by atoms with Crippen molar-refractivity contribution < 1.29 is 5.11 Å². The number of rotatable bonds is 6. The number of hydrogen-bond acceptors (Lipinski definition) is 4. The second-order valence-electron chi connectivity index (χ2n) is 7.40. The van der Waals surface area contributed by atoms with Gasteiger partial charge < -0.3 is 10.4 Å². The first kappa shape index (κ1) is 16.2. The van der Waals surface area contributed by atoms with E-state index in [1.807, 2.05) is 0 Å². The molecule has 0 saturated carbocycles. The normalized spacial score (nSPS) is 31.5. The highest BCUT2D eigenvalue weighted by molar-refractivity contribution is 4.92. The molecule has 4 nitrogen and oxygen atoms in total. The van der Waals surface area contributed by atoms with Gasteiger partial charge in [-0.05, 0) is 39.7 Å². The summed E-state index contributed by atoms with van der Waals surface area (Å²) in [6, 6.07) is 1.84. The standard InChI is InChI=1S/C16H33N3O/c1-13(2)17-16(4,12-20)7-9-18-11-15-6-5-8-19(15)10-14(18)3/h13-15,17,20H,5-12H2,1-4H3. The zero-order valence-electron chi connectivity index (χ0n) is 13.7. The van der Waals surface area contributed by atoms with Gasteiger partial charge in [-0.3, -0.25) is 9.80 Å². The van der Waals surface area contributed by atoms with E-state index in [1.165, 1.54) is 32.5 Å². The maximum absolute atomic E-state index is 9.69. The van der Waals surface area contributed by atoms with Crippen molar-refractivity contribution in [2.24, 2.45) is 0 Å². The highest BCUT2D eigenvalue weighted by Crippen LogP contribution is 2.25. The molecule has 20 heavy (non-hydrogen) atoms. The van der Waals surface area contributed by atoms with Crippen molar-refractivity contribution in [3.8, 4) is 0 Å². The quantitative estimate of drug-likeness (QED) is 0.770. The summed E-state index contributed by atoms with van der Waals surface area (Å²) in [6.07, 6.45) is 3.75. The first-order valence-electron chi connectivity index (χ1n) is 8.30. The Hall–Kier alpha value is -0.160. The molecular weight excluding hydrogens is 250 g/mol. The minimum atomic E-state index is -0.152. The average Bonchev–Trinajstić information content (AvgIpc) is 2.82. The lowest BCUT2D eigenvalue weighted by molar-refractivity contribution is 0.0468. The van der Waals surface area contributed by atoms with E-state index in [2.05, 4.69) is 42.8 Å². The SMILES string of the molecule is CC(C)NC(C)(CO)CCN1CC2CCCN2CC1C. The van der Waals surface area contributed by atoms with E-state index >= 15 is 0 Å². The summed E-state index contributed by atoms with van der Waals surface area (Å²) < 4.78 is 0. The van der Waals surface area contributed by atoms with Gasteiger partial charge in [0.1, 0.15) is 0 Å². The summed E-state index contributed by atoms with van der Waals surface area (Å²) in [5.74, 6) is 0. The summed E-state index contributed by atoms with van der Waals surface area (Å²) in [5.41, 5.74) is -0.152. The highest BCUT2D eigenvalue weighted by Gasteiger charge is 2.35. The third-order valence-electron chi connectivity index (χ3n) is 5.00. The Kier molecular flexibility index (Phi) is 5.46. The van der Waals surface area contributed by atoms with Crippen molar-refractivity contribution in [1.29, 1.82) is 0 Å². The smallest absolute Gasteiger partial charge is 0.0611 e. The minimum absolute atomic E-state index is 0.152. The molecule has 3 unspecified atom stereocenters. The Balaban J connectivity index is 1.85. The molecule has 0 bridgehead atoms. The van der Waals surface area contributed by atoms with Crippen molar-refractivity contribution in [2.75, 3.05) is 32.8 Å². The lowest BCUT2D eigenvalue weighted by Gasteiger charge is -2.43. The third-order valence-corrected chi connectivity index (χ3v) is 5.00. The highest BCUT2D eigenvalue weighted by atomic mass is 16.3. The van der Waals surface area contributed by atoms with Gasteiger partial charge in [-0.15, -0.1) is 0 Å². The zero-order chi connectivity index (χ0) is 14.8. The van der Waals surface area contributed by atoms with Gasteiger partial charge in [0.25, 0.3) is 0 Å². The molecule has 3 atom stereocenters. The predicted octanol–water partition coefficient (Wildman–Crippen LogP) is 1.29. The van der Waals surface area contributed by atoms with Gasteiger partial charge in [0, 0.05) is 43.3 Å². The molecule has 2 rings (SSSR count). The lowest BCUT2D eigenvalue weighted by Crippen LogP contribution is -2.57. The number of nitrogens with one attached hydrogen (secondary N) is 1. The van der Waals surface area contributed by atoms with Gasteiger partial charge in [-0.25, -0.2) is 0 Å². The van der Waals surface area contributed by atoms with Crippen LogP contribution in [0.4, 0.5) is 0 Å². The van der Waals surface area contributed by atoms with Crippen LogP contribution in [0.5, 0.6) is 0 Å². The molecule has 2 N–H and O–H groups in total. The van der Waals surface area contributed by atoms with Crippen molar-refractivity contribution >= 4 is 0 Å². The van der Waals surface area contributed by atoms with Crippen molar-refractivity contribution in [2.45, 2.75) is 70.6 Å². The summed E-state index contributed by atoms with van der Waals surface area (Å²) >= 11 is 0. The molecule has 0 amide bonds. The van der Waals surface area contributed by atoms with Gasteiger partial charge in [0.05, 0.1) is 6.61 Å². The largest absolute Gasteiger partial charge is 0.394 e. The number of aliphatic hydroxyl groups excluding tert-OH is 1. The van der Waals surface area contributed by atoms with Gasteiger partial charge >= 0.3 is 0 Å². The van der Waals surface area contributed by atoms with Gasteiger partial charge in [0.15, 0.2) is 0 Å². The Morgan fingerprint density at radius 3 is 2.75 bits per heavy atom. The van der Waals surface area contributed by atoms with E-state index in [0.717, 1.165) is 19.0 Å². The first-order chi connectivity index (χ1) is 9.43. The van der Waals surface area contributed by atoms with E-state index < -0.39 is 0 Å². The molecule has 0 aromatic rings. The molecule has 4 heteroatoms. The molecule has 118 valence electrons. The van der Waals surface area contributed by atoms with Crippen LogP contribution in [0.2, 0.25) is 0 Å². The zero-order valence-corrected chi connectivity index (χ0v) is 13.7. The third kappa shape index (κ3) is 3.94. The molecule has 2 aliphatic rings. The molecule has 2 heterocycles. The monoisotopic (exact) mass is 283 g/mol. The molecule has 0 radical (unpaired) electrons. The molecular formula is C16H33N3O. The fraction of sp³-hybridized carbons (Fsp3) is 1.00. The fourth-order valence-corrected chi connectivity index (χ4v) is 3.84. The van der Waals surface area contributed by atoms with Crippen LogP contribution in [-0.4, -0.2) is 71.4 Å². The van der Waals surface area contributed by atoms with Crippen LogP contribution in [0, 0.1) is 0 Å². The molecule has 2 aliphatic heterocycles. The van der Waals surface area contributed by atoms with Crippen LogP contribution >= 0.6 is 0 Å². The Labute approximate surface area is 124 Å². The Bertz CT molecular complexity index is 310. The van der Waals surface area contributed by atoms with Crippen molar-refractivity contribution in [3.05, 3.63) is 0 Å². The van der Waals surface area contributed by atoms with Crippen LogP contribution in [0.15, 0.2) is 0 Å². The van der Waals surface area contributed by atoms with E-state index in [9.17, 15) is 5.11 Å². The number of piperazine rings is 1. The average molecular weight is 283 g/mol. The second-order valence-corrected chi connectivity index (χ2v) is 7.40.